The summed E-state index contributed by atoms with van der Waals surface area (Å²) >= 11 is 13.5. The summed E-state index contributed by atoms with van der Waals surface area (Å²) in [5, 5.41) is 36.2. The second-order valence-electron chi connectivity index (χ2n) is 5.59. The molecule has 3 N–H and O–H groups in total. The van der Waals surface area contributed by atoms with E-state index in [9.17, 15) is 15.3 Å². The summed E-state index contributed by atoms with van der Waals surface area (Å²) in [5.41, 5.74) is 1.72. The van der Waals surface area contributed by atoms with E-state index < -0.39 is 17.2 Å². The van der Waals surface area contributed by atoms with Crippen LogP contribution < -0.4 is 4.80 Å². The van der Waals surface area contributed by atoms with Crippen molar-refractivity contribution in [1.29, 1.82) is 0 Å². The van der Waals surface area contributed by atoms with Crippen LogP contribution in [0.3, 0.4) is 0 Å². The molecule has 1 aromatic heterocycles. The van der Waals surface area contributed by atoms with Gasteiger partial charge in [0.25, 0.3) is 0 Å². The molecule has 0 fully saturated rings. The summed E-state index contributed by atoms with van der Waals surface area (Å²) in [4.78, 5) is 5.01. The lowest BCUT2D eigenvalue weighted by Gasteiger charge is -2.06. The molecular weight excluding hydrogens is 421 g/mol. The minimum absolute atomic E-state index is 0.226. The van der Waals surface area contributed by atoms with Gasteiger partial charge >= 0.3 is 0 Å². The SMILES string of the molecule is C=CCN=c1scc(-c2ccc(Cl)c(Cl)c2)n1N=Cc1ccc(O)c(O)c1O. The van der Waals surface area contributed by atoms with Gasteiger partial charge in [-0.3, -0.25) is 4.99 Å². The number of halogens is 2. The van der Waals surface area contributed by atoms with E-state index >= 15 is 0 Å². The van der Waals surface area contributed by atoms with E-state index in [0.717, 1.165) is 5.56 Å². The van der Waals surface area contributed by atoms with Crippen LogP contribution in [-0.2, 0) is 0 Å². The number of nitrogens with zero attached hydrogens (tertiary/aromatic N) is 3. The third-order valence-corrected chi connectivity index (χ3v) is 5.32. The molecule has 2 aromatic carbocycles. The van der Waals surface area contributed by atoms with Gasteiger partial charge in [0.05, 0.1) is 28.5 Å². The van der Waals surface area contributed by atoms with Crippen LogP contribution in [0.2, 0.25) is 10.0 Å². The fourth-order valence-corrected chi connectivity index (χ4v) is 3.47. The molecule has 1 heterocycles. The van der Waals surface area contributed by atoms with Gasteiger partial charge in [0.2, 0.25) is 10.6 Å². The topological polar surface area (TPSA) is 90.3 Å². The number of phenols is 3. The van der Waals surface area contributed by atoms with Crippen LogP contribution in [0.15, 0.2) is 58.5 Å². The van der Waals surface area contributed by atoms with Gasteiger partial charge < -0.3 is 15.3 Å². The highest BCUT2D eigenvalue weighted by Crippen LogP contribution is 2.36. The molecule has 0 radical (unpaired) electrons. The van der Waals surface area contributed by atoms with Crippen molar-refractivity contribution >= 4 is 40.8 Å². The van der Waals surface area contributed by atoms with Crippen molar-refractivity contribution in [3.8, 4) is 28.5 Å². The zero-order chi connectivity index (χ0) is 20.3. The Morgan fingerprint density at radius 2 is 1.86 bits per heavy atom. The van der Waals surface area contributed by atoms with Gasteiger partial charge in [-0.15, -0.1) is 17.9 Å². The molecule has 144 valence electrons. The maximum atomic E-state index is 9.99. The van der Waals surface area contributed by atoms with Crippen molar-refractivity contribution in [1.82, 2.24) is 4.68 Å². The monoisotopic (exact) mass is 435 g/mol. The number of phenolic OH excluding ortho intramolecular Hbond substituents is 3. The van der Waals surface area contributed by atoms with Crippen LogP contribution in [0, 0.1) is 0 Å². The van der Waals surface area contributed by atoms with Crippen molar-refractivity contribution in [2.24, 2.45) is 10.1 Å². The Labute approximate surface area is 174 Å². The molecule has 0 saturated heterocycles. The summed E-state index contributed by atoms with van der Waals surface area (Å²) < 4.78 is 1.58. The summed E-state index contributed by atoms with van der Waals surface area (Å²) in [7, 11) is 0. The van der Waals surface area contributed by atoms with Gasteiger partial charge in [0, 0.05) is 16.5 Å². The molecule has 6 nitrogen and oxygen atoms in total. The molecule has 0 aliphatic carbocycles. The zero-order valence-electron chi connectivity index (χ0n) is 14.4. The first-order chi connectivity index (χ1) is 13.4. The molecule has 0 saturated carbocycles. The van der Waals surface area contributed by atoms with Crippen LogP contribution >= 0.6 is 34.5 Å². The molecule has 0 amide bonds. The third kappa shape index (κ3) is 4.06. The summed E-state index contributed by atoms with van der Waals surface area (Å²) in [6, 6.07) is 7.91. The fourth-order valence-electron chi connectivity index (χ4n) is 2.32. The Balaban J connectivity index is 2.12. The minimum Gasteiger partial charge on any atom is -0.504 e. The number of hydrogen-bond donors (Lipinski definition) is 3. The second-order valence-corrected chi connectivity index (χ2v) is 7.24. The Morgan fingerprint density at radius 3 is 2.57 bits per heavy atom. The average molecular weight is 436 g/mol. The van der Waals surface area contributed by atoms with Gasteiger partial charge in [-0.05, 0) is 24.3 Å². The third-order valence-electron chi connectivity index (χ3n) is 3.73. The first kappa shape index (κ1) is 20.0. The average Bonchev–Trinajstić information content (AvgIpc) is 3.09. The molecule has 0 atom stereocenters. The summed E-state index contributed by atoms with van der Waals surface area (Å²) in [6.45, 7) is 4.07. The van der Waals surface area contributed by atoms with E-state index in [2.05, 4.69) is 16.7 Å². The molecule has 9 heteroatoms. The molecule has 0 bridgehead atoms. The lowest BCUT2D eigenvalue weighted by Crippen LogP contribution is -2.12. The largest absolute Gasteiger partial charge is 0.504 e. The molecule has 0 aliphatic rings. The smallest absolute Gasteiger partial charge is 0.206 e. The van der Waals surface area contributed by atoms with Crippen LogP contribution in [0.25, 0.3) is 11.3 Å². The molecular formula is C19H15Cl2N3O3S. The van der Waals surface area contributed by atoms with E-state index in [0.29, 0.717) is 27.1 Å². The predicted octanol–water partition coefficient (Wildman–Crippen LogP) is 4.61. The van der Waals surface area contributed by atoms with E-state index in [1.807, 2.05) is 11.4 Å². The Kier molecular flexibility index (Phi) is 6.08. The molecule has 0 unspecified atom stereocenters. The highest BCUT2D eigenvalue weighted by atomic mass is 35.5. The van der Waals surface area contributed by atoms with E-state index in [4.69, 9.17) is 23.2 Å². The molecule has 3 aromatic rings. The minimum atomic E-state index is -0.611. The lowest BCUT2D eigenvalue weighted by molar-refractivity contribution is 0.367. The standard InChI is InChI=1S/C19H15Cl2N3O3S/c1-2-7-22-19-24(23-9-12-4-6-16(25)18(27)17(12)26)15(10-28-19)11-3-5-13(20)14(21)8-11/h2-6,8-10,25-27H,1,7H2. The number of aromatic nitrogens is 1. The predicted molar refractivity (Wildman–Crippen MR) is 113 cm³/mol. The normalized spacial score (nSPS) is 12.0. The number of thiazole rings is 1. The van der Waals surface area contributed by atoms with Crippen molar-refractivity contribution < 1.29 is 15.3 Å². The maximum Gasteiger partial charge on any atom is 0.206 e. The number of hydrogen-bond acceptors (Lipinski definition) is 6. The van der Waals surface area contributed by atoms with Crippen LogP contribution in [0.4, 0.5) is 0 Å². The summed E-state index contributed by atoms with van der Waals surface area (Å²) in [5.74, 6) is -1.50. The molecule has 0 aliphatic heterocycles. The zero-order valence-corrected chi connectivity index (χ0v) is 16.7. The van der Waals surface area contributed by atoms with Gasteiger partial charge in [-0.25, -0.2) is 4.68 Å². The van der Waals surface area contributed by atoms with Crippen molar-refractivity contribution in [2.75, 3.05) is 6.54 Å². The first-order valence-electron chi connectivity index (χ1n) is 7.98. The van der Waals surface area contributed by atoms with Gasteiger partial charge in [-0.1, -0.05) is 35.3 Å². The number of benzene rings is 2. The lowest BCUT2D eigenvalue weighted by atomic mass is 10.2. The quantitative estimate of drug-likeness (QED) is 0.310. The van der Waals surface area contributed by atoms with Crippen LogP contribution in [-0.4, -0.2) is 32.8 Å². The Morgan fingerprint density at radius 1 is 1.07 bits per heavy atom. The van der Waals surface area contributed by atoms with Gasteiger partial charge in [0.1, 0.15) is 0 Å². The van der Waals surface area contributed by atoms with E-state index in [1.54, 1.807) is 22.9 Å². The summed E-state index contributed by atoms with van der Waals surface area (Å²) in [6.07, 6.45) is 3.02. The Bertz CT molecular complexity index is 1140. The van der Waals surface area contributed by atoms with Gasteiger partial charge in [0.15, 0.2) is 11.5 Å². The van der Waals surface area contributed by atoms with Crippen LogP contribution in [0.1, 0.15) is 5.56 Å². The van der Waals surface area contributed by atoms with Crippen LogP contribution in [0.5, 0.6) is 17.2 Å². The van der Waals surface area contributed by atoms with Crippen molar-refractivity contribution in [3.05, 3.63) is 68.8 Å². The fraction of sp³-hybridized carbons (Fsp3) is 0.0526. The highest BCUT2D eigenvalue weighted by Gasteiger charge is 2.12. The second kappa shape index (κ2) is 8.52. The Hall–Kier alpha value is -2.74. The van der Waals surface area contributed by atoms with E-state index in [-0.39, 0.29) is 5.56 Å². The highest BCUT2D eigenvalue weighted by molar-refractivity contribution is 7.07. The van der Waals surface area contributed by atoms with Crippen molar-refractivity contribution in [3.63, 3.8) is 0 Å². The van der Waals surface area contributed by atoms with Gasteiger partial charge in [-0.2, -0.15) is 5.10 Å². The first-order valence-corrected chi connectivity index (χ1v) is 9.61. The molecule has 0 spiro atoms. The molecule has 3 rings (SSSR count). The maximum absolute atomic E-state index is 9.99. The number of aromatic hydroxyl groups is 3. The number of rotatable bonds is 5. The van der Waals surface area contributed by atoms with Crippen molar-refractivity contribution in [2.45, 2.75) is 0 Å². The van der Waals surface area contributed by atoms with E-state index in [1.165, 1.54) is 29.7 Å². The molecule has 28 heavy (non-hydrogen) atoms.